The molecule has 6 heteroatoms. The van der Waals surface area contributed by atoms with Crippen molar-refractivity contribution < 1.29 is 19.8 Å². The molecule has 2 amide bonds. The summed E-state index contributed by atoms with van der Waals surface area (Å²) in [7, 11) is 0. The van der Waals surface area contributed by atoms with Gasteiger partial charge < -0.3 is 20.0 Å². The van der Waals surface area contributed by atoms with Gasteiger partial charge in [0.25, 0.3) is 0 Å². The number of hydrogen-bond donors (Lipinski definition) is 2. The minimum Gasteiger partial charge on any atom is -0.481 e. The molecule has 2 rings (SSSR count). The van der Waals surface area contributed by atoms with Gasteiger partial charge in [0.15, 0.2) is 0 Å². The number of likely N-dealkylation sites (tertiary alicyclic amines) is 1. The van der Waals surface area contributed by atoms with Gasteiger partial charge in [-0.2, -0.15) is 0 Å². The Hall–Kier alpha value is -1.30. The largest absolute Gasteiger partial charge is 0.481 e. The van der Waals surface area contributed by atoms with Crippen LogP contribution < -0.4 is 0 Å². The van der Waals surface area contributed by atoms with Crippen molar-refractivity contribution in [3.8, 4) is 0 Å². The minimum absolute atomic E-state index is 0.0432. The predicted molar refractivity (Wildman–Crippen MR) is 78.0 cm³/mol. The minimum atomic E-state index is -0.820. The van der Waals surface area contributed by atoms with Crippen LogP contribution in [0.5, 0.6) is 0 Å². The molecule has 1 aliphatic heterocycles. The second kappa shape index (κ2) is 7.64. The first-order valence-corrected chi connectivity index (χ1v) is 8.02. The summed E-state index contributed by atoms with van der Waals surface area (Å²) in [6.45, 7) is 1.22. The van der Waals surface area contributed by atoms with E-state index in [1.54, 1.807) is 9.80 Å². The van der Waals surface area contributed by atoms with Crippen molar-refractivity contribution in [2.75, 3.05) is 26.2 Å². The first-order valence-electron chi connectivity index (χ1n) is 8.02. The Morgan fingerprint density at radius 2 is 1.81 bits per heavy atom. The van der Waals surface area contributed by atoms with E-state index in [1.165, 1.54) is 6.42 Å². The van der Waals surface area contributed by atoms with Gasteiger partial charge in [0.1, 0.15) is 0 Å². The van der Waals surface area contributed by atoms with Gasteiger partial charge in [-0.25, -0.2) is 4.79 Å². The molecule has 0 bridgehead atoms. The summed E-state index contributed by atoms with van der Waals surface area (Å²) >= 11 is 0. The molecule has 21 heavy (non-hydrogen) atoms. The second-order valence-corrected chi connectivity index (χ2v) is 6.11. The van der Waals surface area contributed by atoms with Crippen LogP contribution in [-0.4, -0.2) is 64.3 Å². The number of hydrogen-bond acceptors (Lipinski definition) is 3. The van der Waals surface area contributed by atoms with Gasteiger partial charge in [0, 0.05) is 25.7 Å². The second-order valence-electron chi connectivity index (χ2n) is 6.11. The van der Waals surface area contributed by atoms with Gasteiger partial charge in [-0.15, -0.1) is 0 Å². The molecule has 0 aromatic heterocycles. The molecule has 2 aliphatic rings. The van der Waals surface area contributed by atoms with Gasteiger partial charge in [-0.1, -0.05) is 19.3 Å². The number of rotatable bonds is 4. The molecule has 0 unspecified atom stereocenters. The van der Waals surface area contributed by atoms with E-state index in [4.69, 9.17) is 5.11 Å². The standard InChI is InChI=1S/C15H26N2O4/c18-10-9-17(13-6-2-1-3-7-13)15(21)16-8-4-5-12(11-16)14(19)20/h12-13,18H,1-11H2,(H,19,20)/t12-/m1/s1. The van der Waals surface area contributed by atoms with Crippen LogP contribution in [0.1, 0.15) is 44.9 Å². The maximum Gasteiger partial charge on any atom is 0.320 e. The highest BCUT2D eigenvalue weighted by atomic mass is 16.4. The van der Waals surface area contributed by atoms with Crippen LogP contribution in [0.3, 0.4) is 0 Å². The Morgan fingerprint density at radius 3 is 2.43 bits per heavy atom. The SMILES string of the molecule is O=C(O)[C@@H]1CCCN(C(=O)N(CCO)C2CCCCC2)C1. The number of urea groups is 1. The Kier molecular flexibility index (Phi) is 5.85. The molecule has 1 atom stereocenters. The van der Waals surface area contributed by atoms with Gasteiger partial charge >= 0.3 is 12.0 Å². The topological polar surface area (TPSA) is 81.1 Å². The third-order valence-electron chi connectivity index (χ3n) is 4.64. The van der Waals surface area contributed by atoms with Gasteiger partial charge in [0.05, 0.1) is 12.5 Å². The van der Waals surface area contributed by atoms with Crippen LogP contribution in [0.4, 0.5) is 4.79 Å². The van der Waals surface area contributed by atoms with Gasteiger partial charge in [0.2, 0.25) is 0 Å². The van der Waals surface area contributed by atoms with E-state index in [0.717, 1.165) is 32.1 Å². The molecule has 2 fully saturated rings. The molecule has 1 heterocycles. The zero-order valence-corrected chi connectivity index (χ0v) is 12.5. The summed E-state index contributed by atoms with van der Waals surface area (Å²) in [4.78, 5) is 27.3. The number of amides is 2. The van der Waals surface area contributed by atoms with E-state index in [0.29, 0.717) is 26.1 Å². The van der Waals surface area contributed by atoms with Crippen LogP contribution in [0.25, 0.3) is 0 Å². The zero-order valence-electron chi connectivity index (χ0n) is 12.5. The van der Waals surface area contributed by atoms with Gasteiger partial charge in [-0.3, -0.25) is 4.79 Å². The Labute approximate surface area is 125 Å². The smallest absolute Gasteiger partial charge is 0.320 e. The summed E-state index contributed by atoms with van der Waals surface area (Å²) in [6, 6.07) is 0.102. The zero-order chi connectivity index (χ0) is 15.2. The molecule has 1 aliphatic carbocycles. The van der Waals surface area contributed by atoms with Crippen LogP contribution >= 0.6 is 0 Å². The first kappa shape index (κ1) is 16.1. The highest BCUT2D eigenvalue weighted by Gasteiger charge is 2.33. The maximum absolute atomic E-state index is 12.7. The number of piperidine rings is 1. The average Bonchev–Trinajstić information content (AvgIpc) is 2.53. The fraction of sp³-hybridized carbons (Fsp3) is 0.867. The fourth-order valence-electron chi connectivity index (χ4n) is 3.47. The Balaban J connectivity index is 2.01. The molecule has 0 aromatic rings. The van der Waals surface area contributed by atoms with Gasteiger partial charge in [-0.05, 0) is 25.7 Å². The molecular formula is C15H26N2O4. The molecule has 0 spiro atoms. The van der Waals surface area contributed by atoms with E-state index in [9.17, 15) is 14.7 Å². The van der Waals surface area contributed by atoms with Crippen LogP contribution in [0.15, 0.2) is 0 Å². The van der Waals surface area contributed by atoms with Crippen LogP contribution in [0.2, 0.25) is 0 Å². The number of carbonyl (C=O) groups excluding carboxylic acids is 1. The van der Waals surface area contributed by atoms with Crippen LogP contribution in [0, 0.1) is 5.92 Å². The maximum atomic E-state index is 12.7. The number of aliphatic carboxylic acids is 1. The summed E-state index contributed by atoms with van der Waals surface area (Å²) < 4.78 is 0. The lowest BCUT2D eigenvalue weighted by Crippen LogP contribution is -2.53. The van der Waals surface area contributed by atoms with E-state index in [2.05, 4.69) is 0 Å². The van der Waals surface area contributed by atoms with E-state index >= 15 is 0 Å². The predicted octanol–water partition coefficient (Wildman–Crippen LogP) is 1.53. The lowest BCUT2D eigenvalue weighted by Gasteiger charge is -2.39. The summed E-state index contributed by atoms with van der Waals surface area (Å²) in [5.74, 6) is -1.27. The third kappa shape index (κ3) is 4.09. The molecule has 1 saturated heterocycles. The fourth-order valence-corrected chi connectivity index (χ4v) is 3.47. The highest BCUT2D eigenvalue weighted by Crippen LogP contribution is 2.25. The monoisotopic (exact) mass is 298 g/mol. The average molecular weight is 298 g/mol. The number of carboxylic acid groups (broad SMARTS) is 1. The van der Waals surface area contributed by atoms with Crippen LogP contribution in [-0.2, 0) is 4.79 Å². The lowest BCUT2D eigenvalue weighted by atomic mass is 9.94. The van der Waals surface area contributed by atoms with Crippen molar-refractivity contribution in [2.24, 2.45) is 5.92 Å². The molecule has 0 aromatic carbocycles. The molecule has 6 nitrogen and oxygen atoms in total. The number of carbonyl (C=O) groups is 2. The van der Waals surface area contributed by atoms with Crippen molar-refractivity contribution in [3.63, 3.8) is 0 Å². The number of carboxylic acids is 1. The molecule has 1 saturated carbocycles. The number of aliphatic hydroxyl groups is 1. The van der Waals surface area contributed by atoms with Crippen molar-refractivity contribution >= 4 is 12.0 Å². The summed E-state index contributed by atoms with van der Waals surface area (Å²) in [5, 5.41) is 18.4. The third-order valence-corrected chi connectivity index (χ3v) is 4.64. The molecule has 120 valence electrons. The number of nitrogens with zero attached hydrogens (tertiary/aromatic N) is 2. The highest BCUT2D eigenvalue weighted by molar-refractivity contribution is 5.77. The van der Waals surface area contributed by atoms with Crippen molar-refractivity contribution in [1.82, 2.24) is 9.80 Å². The lowest BCUT2D eigenvalue weighted by molar-refractivity contribution is -0.143. The van der Waals surface area contributed by atoms with Crippen molar-refractivity contribution in [3.05, 3.63) is 0 Å². The van der Waals surface area contributed by atoms with Crippen molar-refractivity contribution in [1.29, 1.82) is 0 Å². The summed E-state index contributed by atoms with van der Waals surface area (Å²) in [5.41, 5.74) is 0. The summed E-state index contributed by atoms with van der Waals surface area (Å²) in [6.07, 6.45) is 6.81. The van der Waals surface area contributed by atoms with E-state index in [1.807, 2.05) is 0 Å². The Bertz CT molecular complexity index is 369. The Morgan fingerprint density at radius 1 is 1.10 bits per heavy atom. The molecule has 2 N–H and O–H groups in total. The number of aliphatic hydroxyl groups excluding tert-OH is 1. The van der Waals surface area contributed by atoms with E-state index < -0.39 is 11.9 Å². The first-order chi connectivity index (χ1) is 10.1. The molecular weight excluding hydrogens is 272 g/mol. The quantitative estimate of drug-likeness (QED) is 0.824. The normalized spacial score (nSPS) is 23.9. The molecule has 0 radical (unpaired) electrons. The van der Waals surface area contributed by atoms with E-state index in [-0.39, 0.29) is 18.7 Å². The van der Waals surface area contributed by atoms with Crippen molar-refractivity contribution in [2.45, 2.75) is 51.0 Å².